The van der Waals surface area contributed by atoms with Crippen LogP contribution in [0.5, 0.6) is 0 Å². The quantitative estimate of drug-likeness (QED) is 0.795. The number of nitrogens with zero attached hydrogens (tertiary/aromatic N) is 1. The molecule has 18 heavy (non-hydrogen) atoms. The van der Waals surface area contributed by atoms with Gasteiger partial charge in [-0.25, -0.2) is 0 Å². The Morgan fingerprint density at radius 2 is 2.06 bits per heavy atom. The standard InChI is InChI=1S/C14H25NO3/c1-13(2,3)14(6-7-14)11(17)12(18)15-8-4-5-10(15)9-16/h10-11,16-17H,4-9H2,1-3H3. The molecule has 1 heterocycles. The first kappa shape index (κ1) is 13.8. The molecule has 2 aliphatic rings. The summed E-state index contributed by atoms with van der Waals surface area (Å²) in [6.07, 6.45) is 2.69. The SMILES string of the molecule is CC(C)(C)C1(C(O)C(=O)N2CCCC2CO)CC1. The van der Waals surface area contributed by atoms with Crippen molar-refractivity contribution in [3.05, 3.63) is 0 Å². The van der Waals surface area contributed by atoms with Crippen LogP contribution in [0.25, 0.3) is 0 Å². The summed E-state index contributed by atoms with van der Waals surface area (Å²) in [4.78, 5) is 14.1. The highest BCUT2D eigenvalue weighted by atomic mass is 16.3. The van der Waals surface area contributed by atoms with Crippen LogP contribution in [-0.2, 0) is 4.79 Å². The molecule has 0 radical (unpaired) electrons. The van der Waals surface area contributed by atoms with Crippen molar-refractivity contribution in [2.24, 2.45) is 10.8 Å². The smallest absolute Gasteiger partial charge is 0.252 e. The minimum Gasteiger partial charge on any atom is -0.394 e. The average Bonchev–Trinajstić information content (AvgIpc) is 2.99. The van der Waals surface area contributed by atoms with Crippen molar-refractivity contribution in [3.63, 3.8) is 0 Å². The van der Waals surface area contributed by atoms with Gasteiger partial charge in [0.05, 0.1) is 12.6 Å². The Balaban J connectivity index is 2.10. The van der Waals surface area contributed by atoms with Gasteiger partial charge in [-0.2, -0.15) is 0 Å². The van der Waals surface area contributed by atoms with Crippen molar-refractivity contribution < 1.29 is 15.0 Å². The van der Waals surface area contributed by atoms with Crippen molar-refractivity contribution in [3.8, 4) is 0 Å². The lowest BCUT2D eigenvalue weighted by atomic mass is 9.73. The molecule has 0 aromatic carbocycles. The van der Waals surface area contributed by atoms with E-state index in [0.29, 0.717) is 6.54 Å². The van der Waals surface area contributed by atoms with Gasteiger partial charge >= 0.3 is 0 Å². The molecule has 2 fully saturated rings. The third-order valence-electron chi connectivity index (χ3n) is 4.91. The van der Waals surface area contributed by atoms with E-state index in [9.17, 15) is 15.0 Å². The minimum absolute atomic E-state index is 0.000970. The largest absolute Gasteiger partial charge is 0.394 e. The number of hydrogen-bond acceptors (Lipinski definition) is 3. The number of hydrogen-bond donors (Lipinski definition) is 2. The van der Waals surface area contributed by atoms with E-state index in [0.717, 1.165) is 25.7 Å². The summed E-state index contributed by atoms with van der Waals surface area (Å²) in [7, 11) is 0. The van der Waals surface area contributed by atoms with E-state index in [-0.39, 0.29) is 29.4 Å². The maximum atomic E-state index is 12.4. The number of rotatable bonds is 3. The first-order valence-corrected chi connectivity index (χ1v) is 6.93. The summed E-state index contributed by atoms with van der Waals surface area (Å²) in [5.41, 5.74) is -0.316. The van der Waals surface area contributed by atoms with Gasteiger partial charge < -0.3 is 15.1 Å². The fraction of sp³-hybridized carbons (Fsp3) is 0.929. The molecule has 104 valence electrons. The molecule has 0 bridgehead atoms. The number of carbonyl (C=O) groups is 1. The molecule has 1 saturated carbocycles. The molecule has 4 nitrogen and oxygen atoms in total. The van der Waals surface area contributed by atoms with Gasteiger partial charge in [0.1, 0.15) is 6.10 Å². The van der Waals surface area contributed by atoms with Gasteiger partial charge in [0, 0.05) is 12.0 Å². The van der Waals surface area contributed by atoms with E-state index in [2.05, 4.69) is 20.8 Å². The van der Waals surface area contributed by atoms with Gasteiger partial charge in [-0.1, -0.05) is 20.8 Å². The van der Waals surface area contributed by atoms with E-state index in [4.69, 9.17) is 0 Å². The first-order chi connectivity index (χ1) is 8.33. The lowest BCUT2D eigenvalue weighted by Crippen LogP contribution is -2.49. The van der Waals surface area contributed by atoms with Crippen molar-refractivity contribution >= 4 is 5.91 Å². The zero-order valence-corrected chi connectivity index (χ0v) is 11.6. The molecule has 2 N–H and O–H groups in total. The second kappa shape index (κ2) is 4.49. The zero-order valence-electron chi connectivity index (χ0n) is 11.6. The molecule has 0 aromatic heterocycles. The normalized spacial score (nSPS) is 28.3. The molecule has 0 spiro atoms. The Morgan fingerprint density at radius 1 is 1.44 bits per heavy atom. The molecular formula is C14H25NO3. The Hall–Kier alpha value is -0.610. The van der Waals surface area contributed by atoms with Crippen LogP contribution in [0, 0.1) is 10.8 Å². The maximum Gasteiger partial charge on any atom is 0.252 e. The molecule has 2 rings (SSSR count). The monoisotopic (exact) mass is 255 g/mol. The molecule has 2 atom stereocenters. The van der Waals surface area contributed by atoms with Gasteiger partial charge in [0.25, 0.3) is 5.91 Å². The van der Waals surface area contributed by atoms with Gasteiger partial charge in [-0.15, -0.1) is 0 Å². The lowest BCUT2D eigenvalue weighted by molar-refractivity contribution is -0.149. The van der Waals surface area contributed by atoms with E-state index in [1.165, 1.54) is 0 Å². The highest BCUT2D eigenvalue weighted by Gasteiger charge is 2.59. The Kier molecular flexibility index (Phi) is 3.45. The topological polar surface area (TPSA) is 60.8 Å². The second-order valence-electron chi connectivity index (χ2n) is 6.82. The predicted octanol–water partition coefficient (Wildman–Crippen LogP) is 1.16. The summed E-state index contributed by atoms with van der Waals surface area (Å²) >= 11 is 0. The Morgan fingerprint density at radius 3 is 2.50 bits per heavy atom. The number of aliphatic hydroxyl groups excluding tert-OH is 2. The third-order valence-corrected chi connectivity index (χ3v) is 4.91. The van der Waals surface area contributed by atoms with Crippen molar-refractivity contribution in [2.45, 2.75) is 58.6 Å². The fourth-order valence-electron chi connectivity index (χ4n) is 3.28. The van der Waals surface area contributed by atoms with Crippen LogP contribution < -0.4 is 0 Å². The molecule has 1 aliphatic heterocycles. The van der Waals surface area contributed by atoms with Crippen LogP contribution in [0.4, 0.5) is 0 Å². The fourth-order valence-corrected chi connectivity index (χ4v) is 3.28. The first-order valence-electron chi connectivity index (χ1n) is 6.93. The molecule has 2 unspecified atom stereocenters. The van der Waals surface area contributed by atoms with Crippen LogP contribution in [-0.4, -0.2) is 46.3 Å². The van der Waals surface area contributed by atoms with Crippen molar-refractivity contribution in [1.29, 1.82) is 0 Å². The van der Waals surface area contributed by atoms with Crippen LogP contribution in [0.1, 0.15) is 46.5 Å². The highest BCUT2D eigenvalue weighted by Crippen LogP contribution is 2.61. The Bertz CT molecular complexity index is 330. The third kappa shape index (κ3) is 2.05. The average molecular weight is 255 g/mol. The number of likely N-dealkylation sites (tertiary alicyclic amines) is 1. The Labute approximate surface area is 109 Å². The number of amides is 1. The molecule has 1 saturated heterocycles. The summed E-state index contributed by atoms with van der Waals surface area (Å²) in [6, 6.07) is -0.0945. The molecule has 4 heteroatoms. The molecular weight excluding hydrogens is 230 g/mol. The van der Waals surface area contributed by atoms with E-state index < -0.39 is 6.10 Å². The van der Waals surface area contributed by atoms with Crippen LogP contribution in [0.2, 0.25) is 0 Å². The summed E-state index contributed by atoms with van der Waals surface area (Å²) in [5.74, 6) is -0.182. The predicted molar refractivity (Wildman–Crippen MR) is 68.9 cm³/mol. The van der Waals surface area contributed by atoms with Gasteiger partial charge in [-0.05, 0) is 31.1 Å². The van der Waals surface area contributed by atoms with Gasteiger partial charge in [-0.3, -0.25) is 4.79 Å². The second-order valence-corrected chi connectivity index (χ2v) is 6.82. The van der Waals surface area contributed by atoms with E-state index in [1.807, 2.05) is 0 Å². The highest BCUT2D eigenvalue weighted by molar-refractivity contribution is 5.82. The van der Waals surface area contributed by atoms with Gasteiger partial charge in [0.15, 0.2) is 0 Å². The molecule has 0 aromatic rings. The van der Waals surface area contributed by atoms with Crippen molar-refractivity contribution in [2.75, 3.05) is 13.2 Å². The summed E-state index contributed by atoms with van der Waals surface area (Å²) in [5, 5.41) is 19.7. The lowest BCUT2D eigenvalue weighted by Gasteiger charge is -2.37. The maximum absolute atomic E-state index is 12.4. The van der Waals surface area contributed by atoms with E-state index in [1.54, 1.807) is 4.90 Å². The number of carbonyl (C=O) groups excluding carboxylic acids is 1. The van der Waals surface area contributed by atoms with Crippen molar-refractivity contribution in [1.82, 2.24) is 4.90 Å². The zero-order chi connectivity index (χ0) is 13.6. The molecule has 1 amide bonds. The van der Waals surface area contributed by atoms with Gasteiger partial charge in [0.2, 0.25) is 0 Å². The summed E-state index contributed by atoms with van der Waals surface area (Å²) < 4.78 is 0. The van der Waals surface area contributed by atoms with E-state index >= 15 is 0 Å². The van der Waals surface area contributed by atoms with Crippen LogP contribution in [0.3, 0.4) is 0 Å². The van der Waals surface area contributed by atoms with Crippen LogP contribution >= 0.6 is 0 Å². The minimum atomic E-state index is -0.912. The molecule has 1 aliphatic carbocycles. The van der Waals surface area contributed by atoms with Crippen LogP contribution in [0.15, 0.2) is 0 Å². The number of aliphatic hydroxyl groups is 2. The summed E-state index contributed by atoms with van der Waals surface area (Å²) in [6.45, 7) is 6.93.